The van der Waals surface area contributed by atoms with Crippen molar-refractivity contribution < 1.29 is 9.15 Å². The van der Waals surface area contributed by atoms with E-state index in [9.17, 15) is 0 Å². The van der Waals surface area contributed by atoms with E-state index in [1.165, 1.54) is 0 Å². The maximum absolute atomic E-state index is 5.99. The van der Waals surface area contributed by atoms with Crippen LogP contribution in [0.25, 0.3) is 0 Å². The fourth-order valence-corrected chi connectivity index (χ4v) is 1.98. The Labute approximate surface area is 112 Å². The first kappa shape index (κ1) is 13.0. The Morgan fingerprint density at radius 3 is 2.89 bits per heavy atom. The third-order valence-corrected chi connectivity index (χ3v) is 3.05. The smallest absolute Gasteiger partial charge is 0.123 e. The highest BCUT2D eigenvalue weighted by Gasteiger charge is 2.09. The minimum atomic E-state index is 0.142. The van der Waals surface area contributed by atoms with Gasteiger partial charge in [-0.05, 0) is 37.3 Å². The lowest BCUT2D eigenvalue weighted by atomic mass is 10.1. The summed E-state index contributed by atoms with van der Waals surface area (Å²) in [5.41, 5.74) is 1.03. The van der Waals surface area contributed by atoms with Gasteiger partial charge in [-0.25, -0.2) is 0 Å². The summed E-state index contributed by atoms with van der Waals surface area (Å²) < 4.78 is 10.6. The molecule has 1 aromatic carbocycles. The lowest BCUT2D eigenvalue weighted by molar-refractivity contribution is 0.399. The minimum absolute atomic E-state index is 0.142. The summed E-state index contributed by atoms with van der Waals surface area (Å²) in [6, 6.07) is 9.57. The predicted molar refractivity (Wildman–Crippen MR) is 72.0 cm³/mol. The van der Waals surface area contributed by atoms with Gasteiger partial charge < -0.3 is 14.5 Å². The van der Waals surface area contributed by atoms with E-state index in [0.29, 0.717) is 11.6 Å². The highest BCUT2D eigenvalue weighted by Crippen LogP contribution is 2.23. The van der Waals surface area contributed by atoms with Crippen molar-refractivity contribution in [1.82, 2.24) is 5.32 Å². The van der Waals surface area contributed by atoms with Gasteiger partial charge in [0.25, 0.3) is 0 Å². The van der Waals surface area contributed by atoms with E-state index in [-0.39, 0.29) is 6.04 Å². The molecule has 0 amide bonds. The molecule has 1 N–H and O–H groups in total. The molecule has 0 bridgehead atoms. The van der Waals surface area contributed by atoms with Crippen molar-refractivity contribution in [1.29, 1.82) is 0 Å². The number of hydrogen-bond acceptors (Lipinski definition) is 3. The summed E-state index contributed by atoms with van der Waals surface area (Å²) in [5, 5.41) is 4.08. The van der Waals surface area contributed by atoms with Crippen LogP contribution in [-0.2, 0) is 6.54 Å². The molecular weight excluding hydrogens is 250 g/mol. The van der Waals surface area contributed by atoms with E-state index in [0.717, 1.165) is 17.1 Å². The zero-order valence-electron chi connectivity index (χ0n) is 10.4. The molecule has 1 atom stereocenters. The first-order valence-corrected chi connectivity index (χ1v) is 6.17. The Kier molecular flexibility index (Phi) is 4.28. The summed E-state index contributed by atoms with van der Waals surface area (Å²) in [6.07, 6.45) is 1.67. The Balaban J connectivity index is 2.03. The maximum atomic E-state index is 5.99. The van der Waals surface area contributed by atoms with Gasteiger partial charge >= 0.3 is 0 Å². The van der Waals surface area contributed by atoms with Crippen molar-refractivity contribution in [3.8, 4) is 5.75 Å². The van der Waals surface area contributed by atoms with Crippen molar-refractivity contribution in [3.05, 3.63) is 52.9 Å². The van der Waals surface area contributed by atoms with Gasteiger partial charge in [-0.3, -0.25) is 0 Å². The number of ether oxygens (including phenoxy) is 1. The summed E-state index contributed by atoms with van der Waals surface area (Å²) in [4.78, 5) is 0. The van der Waals surface area contributed by atoms with Gasteiger partial charge in [0.15, 0.2) is 0 Å². The van der Waals surface area contributed by atoms with E-state index in [1.807, 2.05) is 30.3 Å². The zero-order valence-corrected chi connectivity index (χ0v) is 11.2. The fraction of sp³-hybridized carbons (Fsp3) is 0.286. The first-order valence-electron chi connectivity index (χ1n) is 5.80. The average molecular weight is 266 g/mol. The Hall–Kier alpha value is -1.45. The standard InChI is InChI=1S/C14H16ClNO2/c1-10(13-4-3-7-18-13)16-9-11-8-12(15)5-6-14(11)17-2/h3-8,10,16H,9H2,1-2H3/t10-/m1/s1. The maximum Gasteiger partial charge on any atom is 0.123 e. The molecule has 0 saturated heterocycles. The first-order chi connectivity index (χ1) is 8.70. The summed E-state index contributed by atoms with van der Waals surface area (Å²) in [6.45, 7) is 2.72. The van der Waals surface area contributed by atoms with Crippen molar-refractivity contribution in [3.63, 3.8) is 0 Å². The molecular formula is C14H16ClNO2. The molecule has 4 heteroatoms. The van der Waals surface area contributed by atoms with E-state index in [1.54, 1.807) is 13.4 Å². The monoisotopic (exact) mass is 265 g/mol. The highest BCUT2D eigenvalue weighted by atomic mass is 35.5. The lowest BCUT2D eigenvalue weighted by Gasteiger charge is -2.13. The third-order valence-electron chi connectivity index (χ3n) is 2.81. The van der Waals surface area contributed by atoms with Crippen LogP contribution >= 0.6 is 11.6 Å². The van der Waals surface area contributed by atoms with E-state index < -0.39 is 0 Å². The second-order valence-electron chi connectivity index (χ2n) is 4.07. The lowest BCUT2D eigenvalue weighted by Crippen LogP contribution is -2.18. The number of benzene rings is 1. The molecule has 0 fully saturated rings. The highest BCUT2D eigenvalue weighted by molar-refractivity contribution is 6.30. The number of nitrogens with one attached hydrogen (secondary N) is 1. The fourth-order valence-electron chi connectivity index (χ4n) is 1.79. The van der Waals surface area contributed by atoms with Crippen molar-refractivity contribution >= 4 is 11.6 Å². The molecule has 3 nitrogen and oxygen atoms in total. The topological polar surface area (TPSA) is 34.4 Å². The van der Waals surface area contributed by atoms with Crippen LogP contribution in [0, 0.1) is 0 Å². The number of halogens is 1. The van der Waals surface area contributed by atoms with E-state index in [2.05, 4.69) is 12.2 Å². The SMILES string of the molecule is COc1ccc(Cl)cc1CN[C@H](C)c1ccco1. The Morgan fingerprint density at radius 2 is 2.22 bits per heavy atom. The molecule has 0 aliphatic carbocycles. The second kappa shape index (κ2) is 5.94. The average Bonchev–Trinajstić information content (AvgIpc) is 2.90. The molecule has 0 radical (unpaired) electrons. The van der Waals surface area contributed by atoms with Crippen molar-refractivity contribution in [2.24, 2.45) is 0 Å². The van der Waals surface area contributed by atoms with Crippen LogP contribution in [0.1, 0.15) is 24.3 Å². The molecule has 18 heavy (non-hydrogen) atoms. The second-order valence-corrected chi connectivity index (χ2v) is 4.51. The number of rotatable bonds is 5. The van der Waals surface area contributed by atoms with Gasteiger partial charge in [0.05, 0.1) is 19.4 Å². The van der Waals surface area contributed by atoms with Crippen molar-refractivity contribution in [2.45, 2.75) is 19.5 Å². The molecule has 1 aromatic heterocycles. The van der Waals surface area contributed by atoms with Crippen LogP contribution < -0.4 is 10.1 Å². The van der Waals surface area contributed by atoms with Crippen LogP contribution in [-0.4, -0.2) is 7.11 Å². The quantitative estimate of drug-likeness (QED) is 0.893. The molecule has 0 aliphatic rings. The Bertz CT molecular complexity index is 497. The van der Waals surface area contributed by atoms with E-state index in [4.69, 9.17) is 20.8 Å². The molecule has 96 valence electrons. The molecule has 0 aliphatic heterocycles. The molecule has 2 rings (SSSR count). The summed E-state index contributed by atoms with van der Waals surface area (Å²) in [5.74, 6) is 1.74. The molecule has 1 heterocycles. The number of methoxy groups -OCH3 is 1. The summed E-state index contributed by atoms with van der Waals surface area (Å²) in [7, 11) is 1.66. The van der Waals surface area contributed by atoms with Crippen LogP contribution in [0.5, 0.6) is 5.75 Å². The van der Waals surface area contributed by atoms with Gasteiger partial charge in [0.1, 0.15) is 11.5 Å². The normalized spacial score (nSPS) is 12.4. The summed E-state index contributed by atoms with van der Waals surface area (Å²) >= 11 is 5.99. The van der Waals surface area contributed by atoms with E-state index >= 15 is 0 Å². The van der Waals surface area contributed by atoms with Gasteiger partial charge in [-0.1, -0.05) is 11.6 Å². The molecule has 0 unspecified atom stereocenters. The van der Waals surface area contributed by atoms with Gasteiger partial charge in [-0.2, -0.15) is 0 Å². The third kappa shape index (κ3) is 3.06. The number of hydrogen-bond donors (Lipinski definition) is 1. The van der Waals surface area contributed by atoms with Crippen LogP contribution in [0.2, 0.25) is 5.02 Å². The largest absolute Gasteiger partial charge is 0.496 e. The molecule has 0 spiro atoms. The van der Waals surface area contributed by atoms with Crippen molar-refractivity contribution in [2.75, 3.05) is 7.11 Å². The van der Waals surface area contributed by atoms with Crippen LogP contribution in [0.15, 0.2) is 41.0 Å². The van der Waals surface area contributed by atoms with Crippen LogP contribution in [0.4, 0.5) is 0 Å². The van der Waals surface area contributed by atoms with Gasteiger partial charge in [0, 0.05) is 17.1 Å². The van der Waals surface area contributed by atoms with Crippen LogP contribution in [0.3, 0.4) is 0 Å². The minimum Gasteiger partial charge on any atom is -0.496 e. The molecule has 2 aromatic rings. The Morgan fingerprint density at radius 1 is 1.39 bits per heavy atom. The van der Waals surface area contributed by atoms with Gasteiger partial charge in [0.2, 0.25) is 0 Å². The number of furan rings is 1. The predicted octanol–water partition coefficient (Wildman–Crippen LogP) is 3.79. The molecule has 0 saturated carbocycles. The zero-order chi connectivity index (χ0) is 13.0. The van der Waals surface area contributed by atoms with Gasteiger partial charge in [-0.15, -0.1) is 0 Å².